The van der Waals surface area contributed by atoms with Gasteiger partial charge in [-0.3, -0.25) is 4.79 Å². The van der Waals surface area contributed by atoms with Crippen LogP contribution in [0.25, 0.3) is 11.0 Å². The first-order chi connectivity index (χ1) is 12.0. The van der Waals surface area contributed by atoms with Gasteiger partial charge in [0, 0.05) is 16.8 Å². The first-order valence-corrected chi connectivity index (χ1v) is 8.18. The van der Waals surface area contributed by atoms with Gasteiger partial charge in [0.1, 0.15) is 17.6 Å². The zero-order valence-electron chi connectivity index (χ0n) is 13.1. The molecule has 6 heteroatoms. The van der Waals surface area contributed by atoms with E-state index < -0.39 is 23.9 Å². The summed E-state index contributed by atoms with van der Waals surface area (Å²) in [5.74, 6) is -1.73. The predicted molar refractivity (Wildman–Crippen MR) is 92.5 cm³/mol. The second-order valence-electron chi connectivity index (χ2n) is 6.02. The fourth-order valence-corrected chi connectivity index (χ4v) is 3.50. The van der Waals surface area contributed by atoms with Gasteiger partial charge in [-0.15, -0.1) is 0 Å². The second kappa shape index (κ2) is 5.93. The third-order valence-electron chi connectivity index (χ3n) is 4.43. The van der Waals surface area contributed by atoms with E-state index in [1.165, 1.54) is 0 Å². The Morgan fingerprint density at radius 2 is 1.96 bits per heavy atom. The molecule has 2 N–H and O–H groups in total. The van der Waals surface area contributed by atoms with E-state index in [2.05, 4.69) is 0 Å². The normalized spacial score (nSPS) is 18.9. The number of benzene rings is 2. The van der Waals surface area contributed by atoms with Crippen LogP contribution >= 0.6 is 11.6 Å². The van der Waals surface area contributed by atoms with Crippen LogP contribution in [0.5, 0.6) is 0 Å². The molecule has 0 radical (unpaired) electrons. The number of halogens is 1. The molecule has 0 aliphatic heterocycles. The molecule has 1 aliphatic carbocycles. The summed E-state index contributed by atoms with van der Waals surface area (Å²) >= 11 is 5.94. The molecule has 2 unspecified atom stereocenters. The summed E-state index contributed by atoms with van der Waals surface area (Å²) in [5.41, 5.74) is 7.83. The smallest absolute Gasteiger partial charge is 0.374 e. The number of primary amides is 1. The first-order valence-electron chi connectivity index (χ1n) is 7.80. The highest BCUT2D eigenvalue weighted by Crippen LogP contribution is 2.35. The molecule has 1 aliphatic rings. The molecule has 4 rings (SSSR count). The predicted octanol–water partition coefficient (Wildman–Crippen LogP) is 3.44. The van der Waals surface area contributed by atoms with Crippen molar-refractivity contribution in [2.75, 3.05) is 0 Å². The number of hydrogen-bond donors (Lipinski definition) is 1. The number of nitrogens with two attached hydrogens (primary N) is 1. The largest absolute Gasteiger partial charge is 0.455 e. The van der Waals surface area contributed by atoms with E-state index >= 15 is 0 Å². The van der Waals surface area contributed by atoms with Crippen LogP contribution in [0.3, 0.4) is 0 Å². The van der Waals surface area contributed by atoms with Crippen LogP contribution in [-0.4, -0.2) is 18.0 Å². The standard InChI is InChI=1S/C19H14ClNO4/c20-12-5-6-14-11(7-12)9-16(24-14)19(23)25-15-8-10-3-1-2-4-13(10)17(15)18(21)22/h1-7,9,15,17H,8H2,(H2,21,22). The number of esters is 1. The molecular formula is C19H14ClNO4. The zero-order valence-corrected chi connectivity index (χ0v) is 13.8. The van der Waals surface area contributed by atoms with Gasteiger partial charge in [-0.2, -0.15) is 0 Å². The molecule has 0 saturated heterocycles. The van der Waals surface area contributed by atoms with Gasteiger partial charge in [0.25, 0.3) is 0 Å². The molecule has 0 fully saturated rings. The molecule has 5 nitrogen and oxygen atoms in total. The van der Waals surface area contributed by atoms with Crippen LogP contribution in [0.1, 0.15) is 27.6 Å². The van der Waals surface area contributed by atoms with Gasteiger partial charge in [0.05, 0.1) is 0 Å². The van der Waals surface area contributed by atoms with Crippen molar-refractivity contribution in [3.8, 4) is 0 Å². The summed E-state index contributed by atoms with van der Waals surface area (Å²) in [4.78, 5) is 24.3. The van der Waals surface area contributed by atoms with Crippen molar-refractivity contribution < 1.29 is 18.7 Å². The van der Waals surface area contributed by atoms with Crippen molar-refractivity contribution in [2.24, 2.45) is 5.73 Å². The Morgan fingerprint density at radius 1 is 1.16 bits per heavy atom. The van der Waals surface area contributed by atoms with E-state index in [1.807, 2.05) is 24.3 Å². The summed E-state index contributed by atoms with van der Waals surface area (Å²) in [6.07, 6.45) is -0.194. The van der Waals surface area contributed by atoms with Crippen molar-refractivity contribution in [3.05, 3.63) is 70.4 Å². The zero-order chi connectivity index (χ0) is 17.6. The fourth-order valence-electron chi connectivity index (χ4n) is 3.31. The van der Waals surface area contributed by atoms with Gasteiger partial charge in [-0.05, 0) is 35.4 Å². The molecule has 0 bridgehead atoms. The second-order valence-corrected chi connectivity index (χ2v) is 6.46. The lowest BCUT2D eigenvalue weighted by molar-refractivity contribution is -0.121. The highest BCUT2D eigenvalue weighted by Gasteiger charge is 2.39. The van der Waals surface area contributed by atoms with Crippen LogP contribution in [0.4, 0.5) is 0 Å². The molecule has 25 heavy (non-hydrogen) atoms. The Bertz CT molecular complexity index is 994. The van der Waals surface area contributed by atoms with Crippen molar-refractivity contribution in [1.29, 1.82) is 0 Å². The summed E-state index contributed by atoms with van der Waals surface area (Å²) in [7, 11) is 0. The van der Waals surface area contributed by atoms with Crippen LogP contribution < -0.4 is 5.73 Å². The van der Waals surface area contributed by atoms with E-state index in [9.17, 15) is 9.59 Å². The van der Waals surface area contributed by atoms with Gasteiger partial charge in [-0.1, -0.05) is 35.9 Å². The minimum atomic E-state index is -0.654. The van der Waals surface area contributed by atoms with Crippen LogP contribution in [0, 0.1) is 0 Å². The monoisotopic (exact) mass is 355 g/mol. The average molecular weight is 356 g/mol. The number of fused-ring (bicyclic) bond motifs is 2. The molecule has 1 amide bonds. The maximum atomic E-state index is 12.5. The average Bonchev–Trinajstić information content (AvgIpc) is 3.14. The van der Waals surface area contributed by atoms with E-state index in [0.29, 0.717) is 22.4 Å². The van der Waals surface area contributed by atoms with Crippen LogP contribution in [-0.2, 0) is 16.0 Å². The topological polar surface area (TPSA) is 82.5 Å². The molecule has 3 aromatic rings. The van der Waals surface area contributed by atoms with E-state index in [1.54, 1.807) is 24.3 Å². The summed E-state index contributed by atoms with van der Waals surface area (Å²) in [6, 6.07) is 14.1. The minimum absolute atomic E-state index is 0.0662. The molecule has 0 saturated carbocycles. The molecule has 126 valence electrons. The first kappa shape index (κ1) is 15.7. The van der Waals surface area contributed by atoms with Crippen molar-refractivity contribution in [3.63, 3.8) is 0 Å². The van der Waals surface area contributed by atoms with Crippen LogP contribution in [0.2, 0.25) is 5.02 Å². The lowest BCUT2D eigenvalue weighted by atomic mass is 9.99. The fraction of sp³-hybridized carbons (Fsp3) is 0.158. The van der Waals surface area contributed by atoms with E-state index in [4.69, 9.17) is 26.5 Å². The molecule has 2 atom stereocenters. The Labute approximate surface area is 148 Å². The lowest BCUT2D eigenvalue weighted by Crippen LogP contribution is -2.32. The quantitative estimate of drug-likeness (QED) is 0.729. The maximum absolute atomic E-state index is 12.5. The number of amides is 1. The molecule has 0 spiro atoms. The van der Waals surface area contributed by atoms with Gasteiger partial charge in [0.15, 0.2) is 0 Å². The summed E-state index contributed by atoms with van der Waals surface area (Å²) in [6.45, 7) is 0. The van der Waals surface area contributed by atoms with Crippen LogP contribution in [0.15, 0.2) is 52.9 Å². The number of furan rings is 1. The van der Waals surface area contributed by atoms with Crippen molar-refractivity contribution in [2.45, 2.75) is 18.4 Å². The Balaban J connectivity index is 1.60. The molecule has 2 aromatic carbocycles. The number of ether oxygens (including phenoxy) is 1. The third kappa shape index (κ3) is 2.76. The van der Waals surface area contributed by atoms with Crippen molar-refractivity contribution >= 4 is 34.4 Å². The van der Waals surface area contributed by atoms with Gasteiger partial charge < -0.3 is 14.9 Å². The molecule has 1 aromatic heterocycles. The third-order valence-corrected chi connectivity index (χ3v) is 4.66. The molecular weight excluding hydrogens is 342 g/mol. The minimum Gasteiger partial charge on any atom is -0.455 e. The summed E-state index contributed by atoms with van der Waals surface area (Å²) in [5, 5.41) is 1.26. The van der Waals surface area contributed by atoms with Gasteiger partial charge in [0.2, 0.25) is 11.7 Å². The van der Waals surface area contributed by atoms with Gasteiger partial charge >= 0.3 is 5.97 Å². The highest BCUT2D eigenvalue weighted by molar-refractivity contribution is 6.31. The number of carbonyl (C=O) groups is 2. The SMILES string of the molecule is NC(=O)C1c2ccccc2CC1OC(=O)c1cc2cc(Cl)ccc2o1. The van der Waals surface area contributed by atoms with Gasteiger partial charge in [-0.25, -0.2) is 4.79 Å². The van der Waals surface area contributed by atoms with E-state index in [-0.39, 0.29) is 5.76 Å². The lowest BCUT2D eigenvalue weighted by Gasteiger charge is -2.17. The Morgan fingerprint density at radius 3 is 2.76 bits per heavy atom. The summed E-state index contributed by atoms with van der Waals surface area (Å²) < 4.78 is 11.1. The number of hydrogen-bond acceptors (Lipinski definition) is 4. The number of carbonyl (C=O) groups excluding carboxylic acids is 2. The highest BCUT2D eigenvalue weighted by atomic mass is 35.5. The Hall–Kier alpha value is -2.79. The van der Waals surface area contributed by atoms with Crippen molar-refractivity contribution in [1.82, 2.24) is 0 Å². The molecule has 1 heterocycles. The van der Waals surface area contributed by atoms with E-state index in [0.717, 1.165) is 11.1 Å². The Kier molecular flexibility index (Phi) is 3.73. The number of rotatable bonds is 3. The maximum Gasteiger partial charge on any atom is 0.374 e.